The zero-order chi connectivity index (χ0) is 18.7. The van der Waals surface area contributed by atoms with Crippen LogP contribution in [0.4, 0.5) is 0 Å². The summed E-state index contributed by atoms with van der Waals surface area (Å²) in [6, 6.07) is 5.52. The topological polar surface area (TPSA) is 76.8 Å². The molecule has 1 saturated heterocycles. The molecule has 1 amide bonds. The van der Waals surface area contributed by atoms with Gasteiger partial charge in [0.15, 0.2) is 0 Å². The number of ether oxygens (including phenoxy) is 2. The maximum absolute atomic E-state index is 11.8. The van der Waals surface area contributed by atoms with Crippen molar-refractivity contribution in [2.24, 2.45) is 5.92 Å². The minimum absolute atomic E-state index is 0.0464. The van der Waals surface area contributed by atoms with E-state index in [1.807, 2.05) is 25.1 Å². The molecule has 1 N–H and O–H groups in total. The monoisotopic (exact) mass is 359 g/mol. The third-order valence-corrected chi connectivity index (χ3v) is 4.79. The second-order valence-corrected chi connectivity index (χ2v) is 6.42. The normalized spacial score (nSPS) is 17.3. The number of aryl methyl sites for hydroxylation is 1. The van der Waals surface area contributed by atoms with Gasteiger partial charge in [-0.25, -0.2) is 4.98 Å². The van der Waals surface area contributed by atoms with Crippen LogP contribution in [-0.2, 0) is 11.3 Å². The first kappa shape index (κ1) is 18.3. The lowest BCUT2D eigenvalue weighted by molar-refractivity contribution is -0.124. The highest BCUT2D eigenvalue weighted by molar-refractivity contribution is 5.78. The molecule has 7 nitrogen and oxygen atoms in total. The quantitative estimate of drug-likeness (QED) is 0.852. The molecule has 1 aliphatic rings. The van der Waals surface area contributed by atoms with Gasteiger partial charge in [0.2, 0.25) is 11.8 Å². The molecule has 1 atom stereocenters. The average Bonchev–Trinajstić information content (AvgIpc) is 3.28. The van der Waals surface area contributed by atoms with Crippen LogP contribution in [0.5, 0.6) is 11.5 Å². The lowest BCUT2D eigenvalue weighted by atomic mass is 10.1. The SMILES string of the molecule is CNC(=O)C1CCN(Cc2nc(-c3cc(OC)ccc3OC)oc2C)C1. The van der Waals surface area contributed by atoms with Crippen molar-refractivity contribution in [1.82, 2.24) is 15.2 Å². The van der Waals surface area contributed by atoms with E-state index in [1.165, 1.54) is 0 Å². The Kier molecular flexibility index (Phi) is 5.46. The third kappa shape index (κ3) is 3.67. The van der Waals surface area contributed by atoms with Crippen LogP contribution in [0.15, 0.2) is 22.6 Å². The Balaban J connectivity index is 1.79. The molecule has 1 aromatic heterocycles. The van der Waals surface area contributed by atoms with Crippen LogP contribution in [-0.4, -0.2) is 50.1 Å². The van der Waals surface area contributed by atoms with E-state index in [2.05, 4.69) is 15.2 Å². The van der Waals surface area contributed by atoms with Crippen LogP contribution in [0, 0.1) is 12.8 Å². The first-order valence-corrected chi connectivity index (χ1v) is 8.68. The van der Waals surface area contributed by atoms with Gasteiger partial charge in [0.05, 0.1) is 31.4 Å². The number of oxazole rings is 1. The van der Waals surface area contributed by atoms with E-state index < -0.39 is 0 Å². The van der Waals surface area contributed by atoms with Crippen molar-refractivity contribution >= 4 is 5.91 Å². The lowest BCUT2D eigenvalue weighted by Gasteiger charge is -2.14. The Bertz CT molecular complexity index is 787. The summed E-state index contributed by atoms with van der Waals surface area (Å²) in [5.74, 6) is 2.82. The molecule has 0 saturated carbocycles. The number of likely N-dealkylation sites (tertiary alicyclic amines) is 1. The summed E-state index contributed by atoms with van der Waals surface area (Å²) in [6.07, 6.45) is 0.868. The molecule has 2 aromatic rings. The molecule has 1 fully saturated rings. The first-order chi connectivity index (χ1) is 12.5. The summed E-state index contributed by atoms with van der Waals surface area (Å²) in [4.78, 5) is 18.7. The minimum Gasteiger partial charge on any atom is -0.497 e. The van der Waals surface area contributed by atoms with Crippen molar-refractivity contribution in [3.8, 4) is 23.0 Å². The van der Waals surface area contributed by atoms with Crippen LogP contribution >= 0.6 is 0 Å². The molecule has 1 aliphatic heterocycles. The summed E-state index contributed by atoms with van der Waals surface area (Å²) in [5, 5.41) is 2.73. The van der Waals surface area contributed by atoms with Crippen molar-refractivity contribution in [3.63, 3.8) is 0 Å². The predicted molar refractivity (Wildman–Crippen MR) is 97.2 cm³/mol. The standard InChI is InChI=1S/C19H25N3O4/c1-12-16(11-22-8-7-13(10-22)18(23)20-2)21-19(26-12)15-9-14(24-3)5-6-17(15)25-4/h5-6,9,13H,7-8,10-11H2,1-4H3,(H,20,23). The van der Waals surface area contributed by atoms with E-state index in [9.17, 15) is 4.79 Å². The number of nitrogens with zero attached hydrogens (tertiary/aromatic N) is 2. The zero-order valence-electron chi connectivity index (χ0n) is 15.7. The number of rotatable bonds is 6. The maximum atomic E-state index is 11.8. The van der Waals surface area contributed by atoms with Crippen LogP contribution < -0.4 is 14.8 Å². The highest BCUT2D eigenvalue weighted by atomic mass is 16.5. The second kappa shape index (κ2) is 7.78. The van der Waals surface area contributed by atoms with Crippen molar-refractivity contribution < 1.29 is 18.7 Å². The van der Waals surface area contributed by atoms with E-state index >= 15 is 0 Å². The number of carbonyl (C=O) groups excluding carboxylic acids is 1. The van der Waals surface area contributed by atoms with Gasteiger partial charge in [-0.1, -0.05) is 0 Å². The van der Waals surface area contributed by atoms with Crippen LogP contribution in [0.3, 0.4) is 0 Å². The average molecular weight is 359 g/mol. The Morgan fingerprint density at radius 2 is 2.19 bits per heavy atom. The summed E-state index contributed by atoms with van der Waals surface area (Å²) in [5.41, 5.74) is 1.63. The molecule has 26 heavy (non-hydrogen) atoms. The number of methoxy groups -OCH3 is 2. The fraction of sp³-hybridized carbons (Fsp3) is 0.474. The van der Waals surface area contributed by atoms with E-state index in [1.54, 1.807) is 21.3 Å². The molecule has 0 radical (unpaired) electrons. The van der Waals surface area contributed by atoms with Crippen molar-refractivity contribution in [3.05, 3.63) is 29.7 Å². The summed E-state index contributed by atoms with van der Waals surface area (Å²) >= 11 is 0. The van der Waals surface area contributed by atoms with E-state index in [0.29, 0.717) is 23.9 Å². The van der Waals surface area contributed by atoms with Crippen molar-refractivity contribution in [1.29, 1.82) is 0 Å². The summed E-state index contributed by atoms with van der Waals surface area (Å²) < 4.78 is 16.6. The third-order valence-electron chi connectivity index (χ3n) is 4.79. The van der Waals surface area contributed by atoms with Crippen LogP contribution in [0.1, 0.15) is 17.9 Å². The summed E-state index contributed by atoms with van der Waals surface area (Å²) in [6.45, 7) is 4.19. The smallest absolute Gasteiger partial charge is 0.230 e. The van der Waals surface area contributed by atoms with Crippen LogP contribution in [0.25, 0.3) is 11.5 Å². The molecule has 0 aliphatic carbocycles. The van der Waals surface area contributed by atoms with Crippen LogP contribution in [0.2, 0.25) is 0 Å². The van der Waals surface area contributed by atoms with E-state index in [-0.39, 0.29) is 11.8 Å². The lowest BCUT2D eigenvalue weighted by Crippen LogP contribution is -2.30. The Labute approximate surface area is 153 Å². The molecule has 140 valence electrons. The fourth-order valence-corrected chi connectivity index (χ4v) is 3.28. The molecule has 3 rings (SSSR count). The number of benzene rings is 1. The van der Waals surface area contributed by atoms with E-state index in [4.69, 9.17) is 13.9 Å². The Morgan fingerprint density at radius 1 is 1.38 bits per heavy atom. The molecule has 0 bridgehead atoms. The second-order valence-electron chi connectivity index (χ2n) is 6.42. The number of hydrogen-bond acceptors (Lipinski definition) is 6. The molecular weight excluding hydrogens is 334 g/mol. The molecule has 2 heterocycles. The Morgan fingerprint density at radius 3 is 2.88 bits per heavy atom. The molecule has 1 aromatic carbocycles. The highest BCUT2D eigenvalue weighted by Crippen LogP contribution is 2.34. The van der Waals surface area contributed by atoms with Gasteiger partial charge in [-0.2, -0.15) is 0 Å². The fourth-order valence-electron chi connectivity index (χ4n) is 3.28. The highest BCUT2D eigenvalue weighted by Gasteiger charge is 2.28. The number of nitrogens with one attached hydrogen (secondary N) is 1. The van der Waals surface area contributed by atoms with Gasteiger partial charge in [-0.15, -0.1) is 0 Å². The first-order valence-electron chi connectivity index (χ1n) is 8.68. The number of aromatic nitrogens is 1. The number of amides is 1. The van der Waals surface area contributed by atoms with Gasteiger partial charge in [0.1, 0.15) is 17.3 Å². The van der Waals surface area contributed by atoms with Gasteiger partial charge in [0.25, 0.3) is 0 Å². The largest absolute Gasteiger partial charge is 0.497 e. The minimum atomic E-state index is 0.0464. The van der Waals surface area contributed by atoms with Gasteiger partial charge in [0, 0.05) is 20.1 Å². The van der Waals surface area contributed by atoms with Crippen molar-refractivity contribution in [2.75, 3.05) is 34.4 Å². The maximum Gasteiger partial charge on any atom is 0.230 e. The number of carbonyl (C=O) groups is 1. The van der Waals surface area contributed by atoms with Gasteiger partial charge < -0.3 is 19.2 Å². The van der Waals surface area contributed by atoms with Gasteiger partial charge in [-0.05, 0) is 38.1 Å². The van der Waals surface area contributed by atoms with Gasteiger partial charge in [-0.3, -0.25) is 9.69 Å². The zero-order valence-corrected chi connectivity index (χ0v) is 15.7. The number of hydrogen-bond donors (Lipinski definition) is 1. The predicted octanol–water partition coefficient (Wildman–Crippen LogP) is 2.24. The van der Waals surface area contributed by atoms with Crippen molar-refractivity contribution in [2.45, 2.75) is 19.9 Å². The Hall–Kier alpha value is -2.54. The molecule has 7 heteroatoms. The molecule has 1 unspecified atom stereocenters. The molecular formula is C19H25N3O4. The van der Waals surface area contributed by atoms with Gasteiger partial charge >= 0.3 is 0 Å². The summed E-state index contributed by atoms with van der Waals surface area (Å²) in [7, 11) is 4.92. The molecule has 0 spiro atoms. The van der Waals surface area contributed by atoms with E-state index in [0.717, 1.165) is 36.5 Å².